The van der Waals surface area contributed by atoms with Gasteiger partial charge in [-0.1, -0.05) is 23.7 Å². The number of imide groups is 1. The number of hydrogen-bond acceptors (Lipinski definition) is 3. The summed E-state index contributed by atoms with van der Waals surface area (Å²) in [6.07, 6.45) is 3.70. The molecular formula is C22H17ClN2O2S. The van der Waals surface area contributed by atoms with E-state index in [9.17, 15) is 9.59 Å². The first-order chi connectivity index (χ1) is 13.4. The van der Waals surface area contributed by atoms with Gasteiger partial charge < -0.3 is 4.57 Å². The van der Waals surface area contributed by atoms with Crippen LogP contribution in [0.1, 0.15) is 16.8 Å². The molecule has 1 saturated heterocycles. The van der Waals surface area contributed by atoms with Gasteiger partial charge >= 0.3 is 0 Å². The Morgan fingerprint density at radius 3 is 2.50 bits per heavy atom. The highest BCUT2D eigenvalue weighted by Crippen LogP contribution is 2.36. The Labute approximate surface area is 172 Å². The molecule has 0 aliphatic carbocycles. The zero-order chi connectivity index (χ0) is 19.8. The van der Waals surface area contributed by atoms with Gasteiger partial charge in [0.15, 0.2) is 0 Å². The predicted octanol–water partition coefficient (Wildman–Crippen LogP) is 5.99. The number of benzene rings is 2. The molecule has 0 spiro atoms. The summed E-state index contributed by atoms with van der Waals surface area (Å²) in [7, 11) is 0. The molecule has 6 heteroatoms. The number of amides is 2. The topological polar surface area (TPSA) is 42.3 Å². The van der Waals surface area contributed by atoms with Gasteiger partial charge in [-0.3, -0.25) is 9.59 Å². The van der Waals surface area contributed by atoms with Gasteiger partial charge in [0, 0.05) is 22.6 Å². The standard InChI is InChI=1S/C22H17ClN2O2S/c1-14-8-9-18(11-15(14)2)24-10-4-7-17(24)13-20-21(26)25(22(27)28-20)19-6-3-5-16(23)12-19/h3-13H,1-2H3/b20-13+. The Bertz CT molecular complexity index is 1130. The predicted molar refractivity (Wildman–Crippen MR) is 115 cm³/mol. The minimum absolute atomic E-state index is 0.331. The third-order valence-corrected chi connectivity index (χ3v) is 5.79. The molecule has 28 heavy (non-hydrogen) atoms. The van der Waals surface area contributed by atoms with Crippen molar-refractivity contribution in [2.45, 2.75) is 13.8 Å². The molecule has 4 nitrogen and oxygen atoms in total. The first kappa shape index (κ1) is 18.6. The van der Waals surface area contributed by atoms with Gasteiger partial charge in [0.05, 0.1) is 10.6 Å². The first-order valence-corrected chi connectivity index (χ1v) is 9.92. The Kier molecular flexibility index (Phi) is 4.87. The molecule has 2 heterocycles. The Hall–Kier alpha value is -2.76. The van der Waals surface area contributed by atoms with Crippen molar-refractivity contribution in [2.24, 2.45) is 0 Å². The Balaban J connectivity index is 1.69. The summed E-state index contributed by atoms with van der Waals surface area (Å²) in [5.74, 6) is -0.342. The maximum absolute atomic E-state index is 12.9. The van der Waals surface area contributed by atoms with Crippen molar-refractivity contribution in [3.05, 3.63) is 87.5 Å². The minimum Gasteiger partial charge on any atom is -0.317 e. The van der Waals surface area contributed by atoms with Crippen LogP contribution in [0, 0.1) is 13.8 Å². The fourth-order valence-electron chi connectivity index (χ4n) is 3.06. The second kappa shape index (κ2) is 7.34. The lowest BCUT2D eigenvalue weighted by Gasteiger charge is -2.12. The number of rotatable bonds is 3. The molecule has 1 aromatic heterocycles. The molecule has 0 bridgehead atoms. The molecule has 4 rings (SSSR count). The van der Waals surface area contributed by atoms with Crippen molar-refractivity contribution < 1.29 is 9.59 Å². The van der Waals surface area contributed by atoms with E-state index in [1.54, 1.807) is 30.3 Å². The van der Waals surface area contributed by atoms with Crippen LogP contribution < -0.4 is 4.90 Å². The second-order valence-electron chi connectivity index (χ2n) is 6.57. The van der Waals surface area contributed by atoms with Gasteiger partial charge in [0.25, 0.3) is 11.1 Å². The minimum atomic E-state index is -0.342. The summed E-state index contributed by atoms with van der Waals surface area (Å²) in [6.45, 7) is 4.14. The molecular weight excluding hydrogens is 392 g/mol. The van der Waals surface area contributed by atoms with Gasteiger partial charge in [-0.15, -0.1) is 0 Å². The van der Waals surface area contributed by atoms with Gasteiger partial charge in [0.2, 0.25) is 0 Å². The van der Waals surface area contributed by atoms with E-state index in [1.165, 1.54) is 11.1 Å². The molecule has 0 radical (unpaired) electrons. The number of thioether (sulfide) groups is 1. The van der Waals surface area contributed by atoms with E-state index in [0.29, 0.717) is 15.6 Å². The van der Waals surface area contributed by atoms with Gasteiger partial charge in [-0.2, -0.15) is 0 Å². The van der Waals surface area contributed by atoms with Crippen LogP contribution >= 0.6 is 23.4 Å². The average Bonchev–Trinajstić information content (AvgIpc) is 3.22. The van der Waals surface area contributed by atoms with E-state index in [4.69, 9.17) is 11.6 Å². The Morgan fingerprint density at radius 2 is 1.75 bits per heavy atom. The van der Waals surface area contributed by atoms with Gasteiger partial charge in [-0.25, -0.2) is 4.90 Å². The number of nitrogens with zero attached hydrogens (tertiary/aromatic N) is 2. The third kappa shape index (κ3) is 3.39. The number of aryl methyl sites for hydroxylation is 2. The number of carbonyl (C=O) groups excluding carboxylic acids is 2. The smallest absolute Gasteiger partial charge is 0.298 e. The van der Waals surface area contributed by atoms with Crippen LogP contribution in [0.4, 0.5) is 10.5 Å². The highest BCUT2D eigenvalue weighted by molar-refractivity contribution is 8.19. The van der Waals surface area contributed by atoms with Crippen molar-refractivity contribution in [3.8, 4) is 5.69 Å². The van der Waals surface area contributed by atoms with Gasteiger partial charge in [-0.05, 0) is 85.3 Å². The van der Waals surface area contributed by atoms with Crippen LogP contribution in [0.2, 0.25) is 5.02 Å². The van der Waals surface area contributed by atoms with E-state index in [1.807, 2.05) is 29.0 Å². The molecule has 0 saturated carbocycles. The van der Waals surface area contributed by atoms with E-state index in [2.05, 4.69) is 26.0 Å². The normalized spacial score (nSPS) is 15.7. The zero-order valence-electron chi connectivity index (χ0n) is 15.3. The van der Waals surface area contributed by atoms with Crippen LogP contribution in [0.15, 0.2) is 65.7 Å². The third-order valence-electron chi connectivity index (χ3n) is 4.69. The summed E-state index contributed by atoms with van der Waals surface area (Å²) < 4.78 is 2.00. The zero-order valence-corrected chi connectivity index (χ0v) is 16.9. The molecule has 1 fully saturated rings. The molecule has 0 N–H and O–H groups in total. The fraction of sp³-hybridized carbons (Fsp3) is 0.0909. The number of hydrogen-bond donors (Lipinski definition) is 0. The number of carbonyl (C=O) groups is 2. The van der Waals surface area contributed by atoms with E-state index in [-0.39, 0.29) is 11.1 Å². The monoisotopic (exact) mass is 408 g/mol. The van der Waals surface area contributed by atoms with E-state index < -0.39 is 0 Å². The molecule has 2 aromatic carbocycles. The highest BCUT2D eigenvalue weighted by Gasteiger charge is 2.36. The molecule has 1 aliphatic rings. The summed E-state index contributed by atoms with van der Waals surface area (Å²) in [4.78, 5) is 26.9. The number of anilines is 1. The lowest BCUT2D eigenvalue weighted by Crippen LogP contribution is -2.27. The van der Waals surface area contributed by atoms with Crippen LogP contribution in [0.3, 0.4) is 0 Å². The van der Waals surface area contributed by atoms with Crippen LogP contribution in [0.25, 0.3) is 11.8 Å². The van der Waals surface area contributed by atoms with Crippen molar-refractivity contribution in [1.29, 1.82) is 0 Å². The summed E-state index contributed by atoms with van der Waals surface area (Å²) in [5.41, 5.74) is 4.73. The summed E-state index contributed by atoms with van der Waals surface area (Å²) in [5, 5.41) is 0.145. The van der Waals surface area contributed by atoms with Crippen molar-refractivity contribution in [1.82, 2.24) is 4.57 Å². The van der Waals surface area contributed by atoms with E-state index in [0.717, 1.165) is 28.0 Å². The molecule has 1 aliphatic heterocycles. The Morgan fingerprint density at radius 1 is 0.929 bits per heavy atom. The maximum atomic E-state index is 12.9. The maximum Gasteiger partial charge on any atom is 0.298 e. The fourth-order valence-corrected chi connectivity index (χ4v) is 4.07. The largest absolute Gasteiger partial charge is 0.317 e. The lowest BCUT2D eigenvalue weighted by molar-refractivity contribution is -0.113. The summed E-state index contributed by atoms with van der Waals surface area (Å²) >= 11 is 6.94. The van der Waals surface area contributed by atoms with Crippen molar-refractivity contribution >= 4 is 46.3 Å². The van der Waals surface area contributed by atoms with Crippen LogP contribution in [0.5, 0.6) is 0 Å². The molecule has 140 valence electrons. The van der Waals surface area contributed by atoms with Crippen molar-refractivity contribution in [3.63, 3.8) is 0 Å². The average molecular weight is 409 g/mol. The second-order valence-corrected chi connectivity index (χ2v) is 8.00. The van der Waals surface area contributed by atoms with E-state index >= 15 is 0 Å². The first-order valence-electron chi connectivity index (χ1n) is 8.72. The highest BCUT2D eigenvalue weighted by atomic mass is 35.5. The van der Waals surface area contributed by atoms with Gasteiger partial charge in [0.1, 0.15) is 0 Å². The molecule has 3 aromatic rings. The quantitative estimate of drug-likeness (QED) is 0.500. The van der Waals surface area contributed by atoms with Crippen LogP contribution in [-0.2, 0) is 4.79 Å². The SMILES string of the molecule is Cc1ccc(-n2cccc2/C=C2/SC(=O)N(c3cccc(Cl)c3)C2=O)cc1C. The molecule has 0 unspecified atom stereocenters. The molecule has 2 amide bonds. The van der Waals surface area contributed by atoms with Crippen LogP contribution in [-0.4, -0.2) is 15.7 Å². The summed E-state index contributed by atoms with van der Waals surface area (Å²) in [6, 6.07) is 16.8. The molecule has 0 atom stereocenters. The number of halogens is 1. The number of aromatic nitrogens is 1. The van der Waals surface area contributed by atoms with Crippen molar-refractivity contribution in [2.75, 3.05) is 4.90 Å². The lowest BCUT2D eigenvalue weighted by atomic mass is 10.1.